The van der Waals surface area contributed by atoms with Gasteiger partial charge < -0.3 is 10.2 Å². The van der Waals surface area contributed by atoms with E-state index in [-0.39, 0.29) is 11.6 Å². The van der Waals surface area contributed by atoms with E-state index >= 15 is 0 Å². The van der Waals surface area contributed by atoms with Gasteiger partial charge in [-0.25, -0.2) is 4.98 Å². The number of nitrogens with one attached hydrogen (secondary N) is 1. The Labute approximate surface area is 146 Å². The number of hydrogen-bond donors (Lipinski definition) is 1. The van der Waals surface area contributed by atoms with Gasteiger partial charge in [0, 0.05) is 24.8 Å². The molecule has 0 saturated heterocycles. The molecule has 0 aliphatic carbocycles. The standard InChI is InChI=1S/C18H23F3N4/c1-4-10-25(11-5-2)16-12-13(3)22-17(24-16)23-15-9-7-6-8-14(15)18(19,20)21/h6-9,12H,4-5,10-11H2,1-3H3,(H,22,23,24). The lowest BCUT2D eigenvalue weighted by Crippen LogP contribution is -2.26. The van der Waals surface area contributed by atoms with Crippen molar-refractivity contribution in [3.05, 3.63) is 41.6 Å². The summed E-state index contributed by atoms with van der Waals surface area (Å²) in [5, 5.41) is 2.73. The van der Waals surface area contributed by atoms with Gasteiger partial charge in [0.25, 0.3) is 0 Å². The molecule has 0 spiro atoms. The molecule has 7 heteroatoms. The quantitative estimate of drug-likeness (QED) is 0.746. The van der Waals surface area contributed by atoms with Crippen LogP contribution in [0.2, 0.25) is 0 Å². The van der Waals surface area contributed by atoms with E-state index in [1.807, 2.05) is 13.0 Å². The van der Waals surface area contributed by atoms with Crippen molar-refractivity contribution in [2.45, 2.75) is 39.8 Å². The zero-order chi connectivity index (χ0) is 18.4. The van der Waals surface area contributed by atoms with Crippen molar-refractivity contribution >= 4 is 17.5 Å². The van der Waals surface area contributed by atoms with E-state index < -0.39 is 11.7 Å². The number of para-hydroxylation sites is 1. The second-order valence-corrected chi connectivity index (χ2v) is 5.85. The van der Waals surface area contributed by atoms with E-state index in [4.69, 9.17) is 0 Å². The number of halogens is 3. The van der Waals surface area contributed by atoms with Crippen LogP contribution in [0.5, 0.6) is 0 Å². The van der Waals surface area contributed by atoms with Gasteiger partial charge in [-0.05, 0) is 31.9 Å². The largest absolute Gasteiger partial charge is 0.418 e. The molecule has 136 valence electrons. The van der Waals surface area contributed by atoms with Crippen LogP contribution in [0.4, 0.5) is 30.6 Å². The zero-order valence-corrected chi connectivity index (χ0v) is 14.7. The zero-order valence-electron chi connectivity index (χ0n) is 14.7. The molecule has 0 fully saturated rings. The summed E-state index contributed by atoms with van der Waals surface area (Å²) in [5.41, 5.74) is -0.0843. The summed E-state index contributed by atoms with van der Waals surface area (Å²) in [6.45, 7) is 7.64. The number of rotatable bonds is 7. The molecule has 1 aromatic heterocycles. The highest BCUT2D eigenvalue weighted by Gasteiger charge is 2.33. The van der Waals surface area contributed by atoms with Gasteiger partial charge in [-0.3, -0.25) is 0 Å². The van der Waals surface area contributed by atoms with E-state index in [2.05, 4.69) is 34.0 Å². The molecule has 0 atom stereocenters. The minimum absolute atomic E-state index is 0.0518. The molecule has 0 aliphatic heterocycles. The molecular weight excluding hydrogens is 329 g/mol. The van der Waals surface area contributed by atoms with Gasteiger partial charge in [0.1, 0.15) is 5.82 Å². The summed E-state index contributed by atoms with van der Waals surface area (Å²) in [7, 11) is 0. The summed E-state index contributed by atoms with van der Waals surface area (Å²) in [5.74, 6) is 0.895. The van der Waals surface area contributed by atoms with Crippen LogP contribution >= 0.6 is 0 Å². The van der Waals surface area contributed by atoms with Crippen molar-refractivity contribution in [3.63, 3.8) is 0 Å². The van der Waals surface area contributed by atoms with Crippen LogP contribution in [0.25, 0.3) is 0 Å². The molecule has 0 aliphatic rings. The van der Waals surface area contributed by atoms with Crippen molar-refractivity contribution in [2.75, 3.05) is 23.3 Å². The summed E-state index contributed by atoms with van der Waals surface area (Å²) >= 11 is 0. The lowest BCUT2D eigenvalue weighted by atomic mass is 10.1. The van der Waals surface area contributed by atoms with E-state index in [1.165, 1.54) is 12.1 Å². The third kappa shape index (κ3) is 5.08. The van der Waals surface area contributed by atoms with Crippen LogP contribution in [0.3, 0.4) is 0 Å². The molecule has 1 heterocycles. The summed E-state index contributed by atoms with van der Waals surface area (Å²) in [4.78, 5) is 10.8. The minimum Gasteiger partial charge on any atom is -0.356 e. The summed E-state index contributed by atoms with van der Waals surface area (Å²) in [6, 6.07) is 7.19. The Morgan fingerprint density at radius 2 is 1.68 bits per heavy atom. The summed E-state index contributed by atoms with van der Waals surface area (Å²) < 4.78 is 39.4. The average Bonchev–Trinajstić information content (AvgIpc) is 2.53. The molecule has 2 rings (SSSR count). The number of benzene rings is 1. The molecule has 0 saturated carbocycles. The molecule has 1 aromatic carbocycles. The molecule has 0 amide bonds. The lowest BCUT2D eigenvalue weighted by Gasteiger charge is -2.23. The second-order valence-electron chi connectivity index (χ2n) is 5.85. The predicted octanol–water partition coefficient (Wildman–Crippen LogP) is 5.17. The topological polar surface area (TPSA) is 41.1 Å². The van der Waals surface area contributed by atoms with Crippen LogP contribution in [0.15, 0.2) is 30.3 Å². The van der Waals surface area contributed by atoms with Crippen LogP contribution in [0.1, 0.15) is 37.9 Å². The Kier molecular flexibility index (Phi) is 6.22. The van der Waals surface area contributed by atoms with Crippen molar-refractivity contribution in [2.24, 2.45) is 0 Å². The molecule has 25 heavy (non-hydrogen) atoms. The maximum atomic E-state index is 13.1. The van der Waals surface area contributed by atoms with Gasteiger partial charge in [-0.15, -0.1) is 0 Å². The summed E-state index contributed by atoms with van der Waals surface area (Å²) in [6.07, 6.45) is -2.52. The van der Waals surface area contributed by atoms with Crippen molar-refractivity contribution in [1.82, 2.24) is 9.97 Å². The number of alkyl halides is 3. The van der Waals surface area contributed by atoms with E-state index in [0.717, 1.165) is 37.8 Å². The van der Waals surface area contributed by atoms with Gasteiger partial charge in [0.05, 0.1) is 11.3 Å². The van der Waals surface area contributed by atoms with Gasteiger partial charge in [0.2, 0.25) is 5.95 Å². The Hall–Kier alpha value is -2.31. The fourth-order valence-electron chi connectivity index (χ4n) is 2.61. The fourth-order valence-corrected chi connectivity index (χ4v) is 2.61. The number of aryl methyl sites for hydroxylation is 1. The van der Waals surface area contributed by atoms with Crippen LogP contribution < -0.4 is 10.2 Å². The van der Waals surface area contributed by atoms with E-state index in [9.17, 15) is 13.2 Å². The third-order valence-electron chi connectivity index (χ3n) is 3.63. The SMILES string of the molecule is CCCN(CCC)c1cc(C)nc(Nc2ccccc2C(F)(F)F)n1. The van der Waals surface area contributed by atoms with Gasteiger partial charge in [0.15, 0.2) is 0 Å². The minimum atomic E-state index is -4.44. The first-order valence-corrected chi connectivity index (χ1v) is 8.39. The molecule has 0 radical (unpaired) electrons. The highest BCUT2D eigenvalue weighted by molar-refractivity contribution is 5.60. The van der Waals surface area contributed by atoms with Crippen LogP contribution in [0, 0.1) is 6.92 Å². The van der Waals surface area contributed by atoms with Crippen molar-refractivity contribution in [3.8, 4) is 0 Å². The number of anilines is 3. The molecule has 1 N–H and O–H groups in total. The number of nitrogens with zero attached hydrogens (tertiary/aromatic N) is 3. The van der Waals surface area contributed by atoms with Gasteiger partial charge in [-0.1, -0.05) is 26.0 Å². The molecular formula is C18H23F3N4. The first kappa shape index (κ1) is 19.0. The smallest absolute Gasteiger partial charge is 0.356 e. The van der Waals surface area contributed by atoms with Gasteiger partial charge >= 0.3 is 6.18 Å². The van der Waals surface area contributed by atoms with Gasteiger partial charge in [-0.2, -0.15) is 18.2 Å². The normalized spacial score (nSPS) is 11.4. The maximum Gasteiger partial charge on any atom is 0.418 e. The third-order valence-corrected chi connectivity index (χ3v) is 3.63. The maximum absolute atomic E-state index is 13.1. The number of aromatic nitrogens is 2. The molecule has 4 nitrogen and oxygen atoms in total. The van der Waals surface area contributed by atoms with Crippen LogP contribution in [-0.2, 0) is 6.18 Å². The Morgan fingerprint density at radius 1 is 1.04 bits per heavy atom. The Morgan fingerprint density at radius 3 is 2.28 bits per heavy atom. The number of hydrogen-bond acceptors (Lipinski definition) is 4. The molecule has 2 aromatic rings. The Balaban J connectivity index is 2.35. The second kappa shape index (κ2) is 8.18. The fraction of sp³-hybridized carbons (Fsp3) is 0.444. The van der Waals surface area contributed by atoms with Crippen molar-refractivity contribution in [1.29, 1.82) is 0 Å². The molecule has 0 unspecified atom stereocenters. The van der Waals surface area contributed by atoms with Crippen molar-refractivity contribution < 1.29 is 13.2 Å². The first-order valence-electron chi connectivity index (χ1n) is 8.39. The highest BCUT2D eigenvalue weighted by Crippen LogP contribution is 2.35. The average molecular weight is 352 g/mol. The lowest BCUT2D eigenvalue weighted by molar-refractivity contribution is -0.136. The van der Waals surface area contributed by atoms with E-state index in [0.29, 0.717) is 5.69 Å². The van der Waals surface area contributed by atoms with Crippen LogP contribution in [-0.4, -0.2) is 23.1 Å². The predicted molar refractivity (Wildman–Crippen MR) is 94.3 cm³/mol. The first-order chi connectivity index (χ1) is 11.8. The Bertz CT molecular complexity index is 695. The highest BCUT2D eigenvalue weighted by atomic mass is 19.4. The molecule has 0 bridgehead atoms. The monoisotopic (exact) mass is 352 g/mol. The van der Waals surface area contributed by atoms with E-state index in [1.54, 1.807) is 6.07 Å².